The van der Waals surface area contributed by atoms with Gasteiger partial charge in [0.25, 0.3) is 0 Å². The highest BCUT2D eigenvalue weighted by atomic mass is 16.5. The van der Waals surface area contributed by atoms with E-state index in [1.54, 1.807) is 6.26 Å². The van der Waals surface area contributed by atoms with Crippen LogP contribution < -0.4 is 0 Å². The Balaban J connectivity index is 2.08. The van der Waals surface area contributed by atoms with Crippen LogP contribution in [0.2, 0.25) is 0 Å². The third-order valence-corrected chi connectivity index (χ3v) is 3.58. The molecule has 3 heteroatoms. The van der Waals surface area contributed by atoms with Crippen LogP contribution in [0, 0.1) is 0 Å². The van der Waals surface area contributed by atoms with Crippen molar-refractivity contribution in [2.24, 2.45) is 0 Å². The summed E-state index contributed by atoms with van der Waals surface area (Å²) in [5.74, 6) is -0.0888. The Morgan fingerprint density at radius 3 is 2.44 bits per heavy atom. The van der Waals surface area contributed by atoms with E-state index >= 15 is 0 Å². The lowest BCUT2D eigenvalue weighted by molar-refractivity contribution is -0.135. The minimum absolute atomic E-state index is 0.0888. The van der Waals surface area contributed by atoms with Crippen molar-refractivity contribution in [1.82, 2.24) is 0 Å². The first-order valence-corrected chi connectivity index (χ1v) is 6.30. The highest BCUT2D eigenvalue weighted by molar-refractivity contribution is 6.01. The molecule has 1 N–H and O–H groups in total. The Morgan fingerprint density at radius 1 is 1.19 bits per heavy atom. The number of hydrogen-bond donors (Lipinski definition) is 1. The van der Waals surface area contributed by atoms with Gasteiger partial charge in [-0.2, -0.15) is 0 Å². The van der Waals surface area contributed by atoms with Crippen molar-refractivity contribution in [2.45, 2.75) is 57.0 Å². The molecule has 0 aromatic carbocycles. The molecule has 0 unspecified atom stereocenters. The number of Topliss-reactive ketones (excluding diaryl/α,β-unsaturated/α-hetero) is 1. The van der Waals surface area contributed by atoms with Gasteiger partial charge in [-0.1, -0.05) is 25.7 Å². The maximum Gasteiger partial charge on any atom is 0.193 e. The van der Waals surface area contributed by atoms with Crippen LogP contribution in [-0.4, -0.2) is 23.1 Å². The molecule has 1 fully saturated rings. The topological polar surface area (TPSA) is 46.5 Å². The zero-order valence-corrected chi connectivity index (χ0v) is 9.71. The van der Waals surface area contributed by atoms with Crippen molar-refractivity contribution in [3.8, 4) is 0 Å². The Morgan fingerprint density at radius 2 is 1.88 bits per heavy atom. The summed E-state index contributed by atoms with van der Waals surface area (Å²) >= 11 is 0. The van der Waals surface area contributed by atoms with Crippen molar-refractivity contribution in [3.63, 3.8) is 0 Å². The molecule has 0 amide bonds. The van der Waals surface area contributed by atoms with E-state index in [1.165, 1.54) is 0 Å². The van der Waals surface area contributed by atoms with Crippen LogP contribution in [0.1, 0.15) is 51.4 Å². The van der Waals surface area contributed by atoms with Crippen LogP contribution in [-0.2, 0) is 9.53 Å². The molecule has 1 heterocycles. The lowest BCUT2D eigenvalue weighted by atomic mass is 9.85. The van der Waals surface area contributed by atoms with Gasteiger partial charge in [-0.05, 0) is 25.7 Å². The summed E-state index contributed by atoms with van der Waals surface area (Å²) in [6.07, 6.45) is 8.58. The summed E-state index contributed by atoms with van der Waals surface area (Å²) in [6.45, 7) is 0.690. The fourth-order valence-electron chi connectivity index (χ4n) is 2.57. The van der Waals surface area contributed by atoms with E-state index in [2.05, 4.69) is 0 Å². The van der Waals surface area contributed by atoms with Gasteiger partial charge in [0.05, 0.1) is 12.9 Å². The van der Waals surface area contributed by atoms with Gasteiger partial charge in [0.15, 0.2) is 5.78 Å². The normalized spacial score (nSPS) is 25.2. The highest BCUT2D eigenvalue weighted by Gasteiger charge is 2.37. The smallest absolute Gasteiger partial charge is 0.193 e. The average molecular weight is 224 g/mol. The Hall–Kier alpha value is -0.830. The molecule has 90 valence electrons. The standard InChI is InChI=1S/C13H20O3/c14-12(11-6-5-9-16-10-11)13(15)7-3-1-2-4-8-13/h10,15H,1-9H2. The number of ketones is 1. The van der Waals surface area contributed by atoms with E-state index in [9.17, 15) is 9.90 Å². The first kappa shape index (κ1) is 11.6. The van der Waals surface area contributed by atoms with Crippen LogP contribution in [0.25, 0.3) is 0 Å². The predicted octanol–water partition coefficient (Wildman–Crippen LogP) is 2.34. The summed E-state index contributed by atoms with van der Waals surface area (Å²) in [4.78, 5) is 12.2. The fraction of sp³-hybridized carbons (Fsp3) is 0.769. The zero-order chi connectivity index (χ0) is 11.4. The van der Waals surface area contributed by atoms with Gasteiger partial charge in [0.2, 0.25) is 0 Å². The molecule has 2 aliphatic rings. The monoisotopic (exact) mass is 224 g/mol. The van der Waals surface area contributed by atoms with Gasteiger partial charge >= 0.3 is 0 Å². The molecular weight excluding hydrogens is 204 g/mol. The largest absolute Gasteiger partial charge is 0.501 e. The van der Waals surface area contributed by atoms with Crippen molar-refractivity contribution in [2.75, 3.05) is 6.61 Å². The SMILES string of the molecule is O=C(C1=COCCC1)C1(O)CCCCCC1. The maximum atomic E-state index is 12.2. The second kappa shape index (κ2) is 5.00. The van der Waals surface area contributed by atoms with Crippen LogP contribution in [0.15, 0.2) is 11.8 Å². The lowest BCUT2D eigenvalue weighted by Gasteiger charge is -2.27. The van der Waals surface area contributed by atoms with E-state index in [0.717, 1.165) is 38.5 Å². The highest BCUT2D eigenvalue weighted by Crippen LogP contribution is 2.31. The third-order valence-electron chi connectivity index (χ3n) is 3.58. The molecule has 0 bridgehead atoms. The van der Waals surface area contributed by atoms with Crippen molar-refractivity contribution in [1.29, 1.82) is 0 Å². The Labute approximate surface area is 96.5 Å². The second-order valence-electron chi connectivity index (χ2n) is 4.89. The summed E-state index contributed by atoms with van der Waals surface area (Å²) in [5.41, 5.74) is -0.432. The van der Waals surface area contributed by atoms with Crippen molar-refractivity contribution >= 4 is 5.78 Å². The molecule has 1 aliphatic heterocycles. The van der Waals surface area contributed by atoms with Gasteiger partial charge in [-0.25, -0.2) is 0 Å². The third kappa shape index (κ3) is 2.46. The minimum Gasteiger partial charge on any atom is -0.501 e. The van der Waals surface area contributed by atoms with Gasteiger partial charge in [0, 0.05) is 5.57 Å². The van der Waals surface area contributed by atoms with Gasteiger partial charge in [-0.15, -0.1) is 0 Å². The Bertz CT molecular complexity index is 286. The molecule has 0 radical (unpaired) electrons. The molecule has 0 atom stereocenters. The minimum atomic E-state index is -1.11. The molecule has 0 spiro atoms. The van der Waals surface area contributed by atoms with Gasteiger partial charge < -0.3 is 9.84 Å². The predicted molar refractivity (Wildman–Crippen MR) is 60.9 cm³/mol. The van der Waals surface area contributed by atoms with Crippen molar-refractivity contribution < 1.29 is 14.6 Å². The van der Waals surface area contributed by atoms with Crippen LogP contribution in [0.3, 0.4) is 0 Å². The van der Waals surface area contributed by atoms with E-state index in [0.29, 0.717) is 25.0 Å². The van der Waals surface area contributed by atoms with Gasteiger partial charge in [0.1, 0.15) is 5.60 Å². The molecule has 0 aromatic rings. The molecule has 16 heavy (non-hydrogen) atoms. The number of carbonyl (C=O) groups is 1. The second-order valence-corrected chi connectivity index (χ2v) is 4.89. The number of carbonyl (C=O) groups excluding carboxylic acids is 1. The molecule has 2 rings (SSSR count). The maximum absolute atomic E-state index is 12.2. The molecule has 3 nitrogen and oxygen atoms in total. The van der Waals surface area contributed by atoms with E-state index in [4.69, 9.17) is 4.74 Å². The number of aliphatic hydroxyl groups is 1. The molecule has 1 saturated carbocycles. The summed E-state index contributed by atoms with van der Waals surface area (Å²) < 4.78 is 5.18. The van der Waals surface area contributed by atoms with Crippen LogP contribution in [0.4, 0.5) is 0 Å². The van der Waals surface area contributed by atoms with Crippen LogP contribution in [0.5, 0.6) is 0 Å². The van der Waals surface area contributed by atoms with Crippen LogP contribution >= 0.6 is 0 Å². The molecule has 0 aromatic heterocycles. The summed E-state index contributed by atoms with van der Waals surface area (Å²) in [7, 11) is 0. The molecule has 0 saturated heterocycles. The molecular formula is C13H20O3. The first-order valence-electron chi connectivity index (χ1n) is 6.30. The van der Waals surface area contributed by atoms with Crippen molar-refractivity contribution in [3.05, 3.63) is 11.8 Å². The fourth-order valence-corrected chi connectivity index (χ4v) is 2.57. The first-order chi connectivity index (χ1) is 7.72. The van der Waals surface area contributed by atoms with E-state index in [1.807, 2.05) is 0 Å². The summed E-state index contributed by atoms with van der Waals surface area (Å²) in [6, 6.07) is 0. The lowest BCUT2D eigenvalue weighted by Crippen LogP contribution is -2.39. The number of ether oxygens (including phenoxy) is 1. The van der Waals surface area contributed by atoms with E-state index < -0.39 is 5.60 Å². The quantitative estimate of drug-likeness (QED) is 0.732. The number of hydrogen-bond acceptors (Lipinski definition) is 3. The number of rotatable bonds is 2. The molecule has 1 aliphatic carbocycles. The summed E-state index contributed by atoms with van der Waals surface area (Å²) in [5, 5.41) is 10.4. The average Bonchev–Trinajstić information content (AvgIpc) is 2.55. The Kier molecular flexibility index (Phi) is 3.64. The van der Waals surface area contributed by atoms with E-state index in [-0.39, 0.29) is 5.78 Å². The zero-order valence-electron chi connectivity index (χ0n) is 9.71. The van der Waals surface area contributed by atoms with Gasteiger partial charge in [-0.3, -0.25) is 4.79 Å².